The summed E-state index contributed by atoms with van der Waals surface area (Å²) in [5.74, 6) is 6.05. The molecular formula is C51H57Cl3N18O4S3. The predicted octanol–water partition coefficient (Wildman–Crippen LogP) is 10.8. The second-order valence-electron chi connectivity index (χ2n) is 17.8. The predicted molar refractivity (Wildman–Crippen MR) is 316 cm³/mol. The highest BCUT2D eigenvalue weighted by atomic mass is 35.5. The Morgan fingerprint density at radius 2 is 1.06 bits per heavy atom. The molecule has 3 aliphatic rings. The van der Waals surface area contributed by atoms with Gasteiger partial charge in [0.05, 0.1) is 68.7 Å². The van der Waals surface area contributed by atoms with Gasteiger partial charge < -0.3 is 54.2 Å². The molecule has 79 heavy (non-hydrogen) atoms. The summed E-state index contributed by atoms with van der Waals surface area (Å²) in [4.78, 5) is 53.7. The van der Waals surface area contributed by atoms with Gasteiger partial charge >= 0.3 is 0 Å². The van der Waals surface area contributed by atoms with Gasteiger partial charge in [0.15, 0.2) is 43.8 Å². The molecule has 0 radical (unpaired) electrons. The lowest BCUT2D eigenvalue weighted by atomic mass is 10.1. The van der Waals surface area contributed by atoms with E-state index in [9.17, 15) is 0 Å². The van der Waals surface area contributed by atoms with Crippen LogP contribution < -0.4 is 45.1 Å². The van der Waals surface area contributed by atoms with E-state index in [1.54, 1.807) is 62.9 Å². The lowest BCUT2D eigenvalue weighted by Crippen LogP contribution is -2.20. The van der Waals surface area contributed by atoms with Crippen molar-refractivity contribution in [3.8, 4) is 34.4 Å². The zero-order valence-electron chi connectivity index (χ0n) is 44.1. The Balaban J connectivity index is 0.000000132. The van der Waals surface area contributed by atoms with E-state index in [-0.39, 0.29) is 5.28 Å². The number of aromatic nitrogens is 13. The summed E-state index contributed by atoms with van der Waals surface area (Å²) in [7, 11) is 6.40. The molecule has 3 aliphatic heterocycles. The summed E-state index contributed by atoms with van der Waals surface area (Å²) >= 11 is 21.6. The number of thiazole rings is 3. The second-order valence-corrected chi connectivity index (χ2v) is 21.3. The fourth-order valence-corrected chi connectivity index (χ4v) is 11.4. The van der Waals surface area contributed by atoms with Crippen LogP contribution in [-0.4, -0.2) is 132 Å². The number of anilines is 5. The highest BCUT2D eigenvalue weighted by Gasteiger charge is 2.22. The van der Waals surface area contributed by atoms with Crippen molar-refractivity contribution in [2.24, 2.45) is 0 Å². The Bertz CT molecular complexity index is 3600. The van der Waals surface area contributed by atoms with Crippen molar-refractivity contribution in [1.82, 2.24) is 69.3 Å². The van der Waals surface area contributed by atoms with Gasteiger partial charge in [0.25, 0.3) is 0 Å². The summed E-state index contributed by atoms with van der Waals surface area (Å²) in [5.41, 5.74) is 17.4. The number of ether oxygens (including phenoxy) is 4. The number of hydrogen-bond acceptors (Lipinski definition) is 23. The third-order valence-corrected chi connectivity index (χ3v) is 15.5. The van der Waals surface area contributed by atoms with Gasteiger partial charge in [-0.2, -0.15) is 15.0 Å². The summed E-state index contributed by atoms with van der Waals surface area (Å²) in [6.07, 6.45) is 14.6. The zero-order valence-corrected chi connectivity index (χ0v) is 48.8. The van der Waals surface area contributed by atoms with Crippen LogP contribution in [0, 0.1) is 13.8 Å². The maximum Gasteiger partial charge on any atom is 0.231 e. The van der Waals surface area contributed by atoms with E-state index in [4.69, 9.17) is 64.5 Å². The van der Waals surface area contributed by atoms with Crippen LogP contribution in [0.15, 0.2) is 65.8 Å². The molecule has 13 rings (SSSR count). The largest absolute Gasteiger partial charge is 0.496 e. The molecule has 3 fully saturated rings. The van der Waals surface area contributed by atoms with Crippen LogP contribution in [0.25, 0.3) is 42.4 Å². The number of fused-ring (bicyclic) bond motifs is 3. The number of nitrogens with two attached hydrogens (primary N) is 1. The molecule has 414 valence electrons. The van der Waals surface area contributed by atoms with Crippen molar-refractivity contribution in [2.45, 2.75) is 52.4 Å². The minimum atomic E-state index is 0.159. The molecule has 22 nitrogen and oxygen atoms in total. The van der Waals surface area contributed by atoms with Gasteiger partial charge in [-0.25, -0.2) is 39.9 Å². The smallest absolute Gasteiger partial charge is 0.231 e. The number of nitrogens with zero attached hydrogens (tertiary/aromatic N) is 15. The maximum absolute atomic E-state index is 5.89. The molecule has 4 N–H and O–H groups in total. The quantitative estimate of drug-likeness (QED) is 0.0851. The fourth-order valence-electron chi connectivity index (χ4n) is 8.66. The minimum Gasteiger partial charge on any atom is -0.496 e. The lowest BCUT2D eigenvalue weighted by Gasteiger charge is -2.17. The van der Waals surface area contributed by atoms with Crippen molar-refractivity contribution in [1.29, 1.82) is 0 Å². The highest BCUT2D eigenvalue weighted by molar-refractivity contribution is 7.17. The first kappa shape index (κ1) is 56.7. The summed E-state index contributed by atoms with van der Waals surface area (Å²) in [5, 5.41) is 7.26. The molecule has 0 amide bonds. The van der Waals surface area contributed by atoms with E-state index in [0.717, 1.165) is 86.0 Å². The fraction of sp³-hybridized carbons (Fsp3) is 0.353. The third kappa shape index (κ3) is 13.9. The van der Waals surface area contributed by atoms with Crippen molar-refractivity contribution < 1.29 is 18.9 Å². The van der Waals surface area contributed by atoms with Crippen LogP contribution in [0.2, 0.25) is 15.7 Å². The maximum atomic E-state index is 5.89. The molecule has 0 aliphatic carbocycles. The minimum absolute atomic E-state index is 0.159. The first-order valence-electron chi connectivity index (χ1n) is 25.0. The van der Waals surface area contributed by atoms with E-state index in [0.29, 0.717) is 50.8 Å². The number of methoxy groups -OCH3 is 4. The summed E-state index contributed by atoms with van der Waals surface area (Å²) < 4.78 is 25.1. The van der Waals surface area contributed by atoms with Gasteiger partial charge in [-0.15, -0.1) is 34.0 Å². The van der Waals surface area contributed by atoms with Crippen LogP contribution in [0.4, 0.5) is 29.2 Å². The summed E-state index contributed by atoms with van der Waals surface area (Å²) in [6, 6.07) is 7.78. The number of rotatable bonds is 10. The second kappa shape index (κ2) is 26.8. The molecule has 8 aromatic heterocycles. The molecule has 0 bridgehead atoms. The monoisotopic (exact) mass is 1190 g/mol. The molecule has 28 heteroatoms. The average molecular weight is 1190 g/mol. The first-order chi connectivity index (χ1) is 38.4. The molecule has 0 unspecified atom stereocenters. The number of benzene rings is 2. The molecule has 3 saturated heterocycles. The zero-order chi connectivity index (χ0) is 55.4. The van der Waals surface area contributed by atoms with Crippen LogP contribution in [0.5, 0.6) is 23.0 Å². The molecule has 2 aromatic carbocycles. The van der Waals surface area contributed by atoms with Crippen molar-refractivity contribution in [3.63, 3.8) is 0 Å². The normalized spacial score (nSPS) is 13.7. The number of aryl methyl sites for hydroxylation is 1. The Morgan fingerprint density at radius 1 is 0.557 bits per heavy atom. The van der Waals surface area contributed by atoms with Crippen LogP contribution >= 0.6 is 68.8 Å². The lowest BCUT2D eigenvalue weighted by molar-refractivity contribution is 0.324. The number of imidazole rings is 2. The van der Waals surface area contributed by atoms with E-state index in [2.05, 4.69) is 90.2 Å². The van der Waals surface area contributed by atoms with Gasteiger partial charge in [0, 0.05) is 44.4 Å². The Morgan fingerprint density at radius 3 is 1.61 bits per heavy atom. The highest BCUT2D eigenvalue weighted by Crippen LogP contribution is 2.39. The topological polar surface area (TPSA) is 245 Å². The van der Waals surface area contributed by atoms with Gasteiger partial charge in [-0.05, 0) is 106 Å². The van der Waals surface area contributed by atoms with Gasteiger partial charge in [-0.1, -0.05) is 11.6 Å². The number of halogens is 3. The van der Waals surface area contributed by atoms with Gasteiger partial charge in [-0.3, -0.25) is 0 Å². The summed E-state index contributed by atoms with van der Waals surface area (Å²) in [6.45, 7) is 10.7. The van der Waals surface area contributed by atoms with Gasteiger partial charge in [0.2, 0.25) is 22.3 Å². The molecule has 0 saturated carbocycles. The average Bonchev–Trinajstić information content (AvgIpc) is 4.31. The van der Waals surface area contributed by atoms with E-state index in [1.165, 1.54) is 91.2 Å². The molecule has 0 spiro atoms. The number of hydrogen-bond donors (Lipinski definition) is 3. The van der Waals surface area contributed by atoms with Crippen molar-refractivity contribution in [2.75, 3.05) is 88.6 Å². The van der Waals surface area contributed by atoms with Crippen LogP contribution in [0.3, 0.4) is 0 Å². The van der Waals surface area contributed by atoms with Crippen LogP contribution in [-0.2, 0) is 0 Å². The molecular weight excluding hydrogens is 1130 g/mol. The van der Waals surface area contributed by atoms with E-state index in [1.807, 2.05) is 34.5 Å². The van der Waals surface area contributed by atoms with Crippen molar-refractivity contribution >= 4 is 129 Å². The van der Waals surface area contributed by atoms with E-state index < -0.39 is 0 Å². The molecule has 10 aromatic rings. The van der Waals surface area contributed by atoms with Crippen molar-refractivity contribution in [3.05, 3.63) is 92.7 Å². The molecule has 0 atom stereocenters. The standard InChI is InChI=1S/C21H23N7OS.C12H15N3O3.C9H9ClN4S.C5HCl2N3S.C4H9N/c1-13-8-15(9-16(29-3)14(13)2)28-10-17(22-11-28)24-21-25-19(27-6-4-5-7-27)18-20(26-21)30-12-23-18;1-16-9-4-8(15-6-11(13)14-7-15)5-10(17-2)12(9)18-3;10-9-12-7(14-3-1-2-4-14)6-8(13-9)15-5-11-6;6-3-2-4(11-1-8-2)10-5(7)9-3;1-2-4-5-3-1/h8-12H,4-7H2,1-3H3,(H,24,25,26);4-7H,13H2,1-3H3;5H,1-4H2;1H;5H,1-4H2. The third-order valence-electron chi connectivity index (χ3n) is 12.7. The SMILES string of the molecule is C1CCNC1.COc1cc(-n2cnc(N)c2)cc(OC)c1OC.COc1cc(-n2cnc(Nc3nc(N4CCCC4)c4ncsc4n3)c2)cc(C)c1C.Clc1nc(Cl)c2ncsc2n1.Clc1nc(N2CCCC2)c2ncsc2n1. The number of nitrogen functional groups attached to an aromatic ring is 1. The van der Waals surface area contributed by atoms with Gasteiger partial charge in [0.1, 0.15) is 45.6 Å². The first-order valence-corrected chi connectivity index (χ1v) is 28.8. The number of nitrogens with one attached hydrogen (secondary N) is 2. The van der Waals surface area contributed by atoms with E-state index >= 15 is 0 Å². The Kier molecular flexibility index (Phi) is 19.2. The van der Waals surface area contributed by atoms with Crippen LogP contribution in [0.1, 0.15) is 49.7 Å². The molecule has 11 heterocycles. The Labute approximate surface area is 482 Å². The Hall–Kier alpha value is -7.00.